The van der Waals surface area contributed by atoms with Gasteiger partial charge in [0.25, 0.3) is 0 Å². The highest BCUT2D eigenvalue weighted by atomic mass is 16.5. The van der Waals surface area contributed by atoms with Gasteiger partial charge in [-0.2, -0.15) is 0 Å². The molecular formula is C14H14O4. The van der Waals surface area contributed by atoms with Crippen LogP contribution < -0.4 is 0 Å². The summed E-state index contributed by atoms with van der Waals surface area (Å²) in [5.41, 5.74) is 0. The smallest absolute Gasteiger partial charge is 0.317 e. The third-order valence-corrected chi connectivity index (χ3v) is 1.60. The summed E-state index contributed by atoms with van der Waals surface area (Å²) in [6.45, 7) is 0. The van der Waals surface area contributed by atoms with Crippen molar-refractivity contribution in [2.45, 2.75) is 12.8 Å². The maximum absolute atomic E-state index is 10.7. The number of hydrogen-bond acceptors (Lipinski definition) is 4. The van der Waals surface area contributed by atoms with E-state index in [9.17, 15) is 9.59 Å². The molecule has 0 amide bonds. The van der Waals surface area contributed by atoms with Crippen molar-refractivity contribution >= 4 is 11.9 Å². The summed E-state index contributed by atoms with van der Waals surface area (Å²) >= 11 is 0. The van der Waals surface area contributed by atoms with Crippen molar-refractivity contribution in [3.05, 3.63) is 24.3 Å². The van der Waals surface area contributed by atoms with Crippen LogP contribution in [0.15, 0.2) is 24.3 Å². The molecule has 0 unspecified atom stereocenters. The second-order valence-electron chi connectivity index (χ2n) is 2.87. The van der Waals surface area contributed by atoms with Crippen molar-refractivity contribution < 1.29 is 19.1 Å². The maximum atomic E-state index is 10.7. The van der Waals surface area contributed by atoms with Crippen LogP contribution in [0.5, 0.6) is 0 Å². The Morgan fingerprint density at radius 2 is 1.28 bits per heavy atom. The van der Waals surface area contributed by atoms with Crippen LogP contribution in [0.2, 0.25) is 0 Å². The molecule has 0 N–H and O–H groups in total. The Balaban J connectivity index is 3.88. The molecule has 18 heavy (non-hydrogen) atoms. The average Bonchev–Trinajstić information content (AvgIpc) is 2.40. The van der Waals surface area contributed by atoms with Gasteiger partial charge in [0, 0.05) is 0 Å². The summed E-state index contributed by atoms with van der Waals surface area (Å²) in [7, 11) is 2.63. The quantitative estimate of drug-likeness (QED) is 0.427. The number of rotatable bonds is 3. The summed E-state index contributed by atoms with van der Waals surface area (Å²) < 4.78 is 8.83. The minimum absolute atomic E-state index is 0.0729. The van der Waals surface area contributed by atoms with Crippen molar-refractivity contribution in [3.8, 4) is 23.7 Å². The fourth-order valence-corrected chi connectivity index (χ4v) is 0.716. The van der Waals surface area contributed by atoms with Gasteiger partial charge in [-0.1, -0.05) is 35.8 Å². The van der Waals surface area contributed by atoms with Gasteiger partial charge in [-0.15, -0.1) is 0 Å². The highest BCUT2D eigenvalue weighted by Crippen LogP contribution is 1.82. The summed E-state index contributed by atoms with van der Waals surface area (Å²) in [6, 6.07) is 0. The lowest BCUT2D eigenvalue weighted by Gasteiger charge is -1.88. The van der Waals surface area contributed by atoms with Gasteiger partial charge in [-0.25, -0.2) is 0 Å². The van der Waals surface area contributed by atoms with E-state index in [4.69, 9.17) is 0 Å². The molecule has 0 aliphatic heterocycles. The highest BCUT2D eigenvalue weighted by Gasteiger charge is 1.92. The van der Waals surface area contributed by atoms with Gasteiger partial charge in [0.1, 0.15) is 12.8 Å². The van der Waals surface area contributed by atoms with E-state index in [1.54, 1.807) is 24.3 Å². The fourth-order valence-electron chi connectivity index (χ4n) is 0.716. The van der Waals surface area contributed by atoms with E-state index < -0.39 is 0 Å². The van der Waals surface area contributed by atoms with E-state index in [0.717, 1.165) is 0 Å². The Kier molecular flexibility index (Phi) is 9.53. The molecule has 0 aromatic heterocycles. The normalized spacial score (nSPS) is 9.22. The zero-order chi connectivity index (χ0) is 13.6. The van der Waals surface area contributed by atoms with E-state index in [-0.39, 0.29) is 24.8 Å². The van der Waals surface area contributed by atoms with E-state index >= 15 is 0 Å². The predicted molar refractivity (Wildman–Crippen MR) is 67.1 cm³/mol. The van der Waals surface area contributed by atoms with Crippen LogP contribution in [-0.4, -0.2) is 26.2 Å². The second-order valence-corrected chi connectivity index (χ2v) is 2.87. The van der Waals surface area contributed by atoms with Crippen LogP contribution in [0.25, 0.3) is 0 Å². The molecule has 0 atom stereocenters. The Morgan fingerprint density at radius 1 is 0.889 bits per heavy atom. The molecule has 0 heterocycles. The lowest BCUT2D eigenvalue weighted by molar-refractivity contribution is -0.140. The lowest BCUT2D eigenvalue weighted by atomic mass is 10.3. The number of hydrogen-bond donors (Lipinski definition) is 0. The summed E-state index contributed by atoms with van der Waals surface area (Å²) in [5.74, 6) is 9.84. The fraction of sp³-hybridized carbons (Fsp3) is 0.286. The SMILES string of the molecule is COC(=O)CC#C/C=C/C=C/C#CCC(=O)OC. The number of ether oxygens (including phenoxy) is 2. The average molecular weight is 246 g/mol. The van der Waals surface area contributed by atoms with Crippen LogP contribution in [0.4, 0.5) is 0 Å². The van der Waals surface area contributed by atoms with Gasteiger partial charge in [-0.05, 0) is 12.2 Å². The summed E-state index contributed by atoms with van der Waals surface area (Å²) in [4.78, 5) is 21.4. The summed E-state index contributed by atoms with van der Waals surface area (Å²) in [5, 5.41) is 0. The Hall–Kier alpha value is -2.46. The molecule has 4 nitrogen and oxygen atoms in total. The number of methoxy groups -OCH3 is 2. The monoisotopic (exact) mass is 246 g/mol. The van der Waals surface area contributed by atoms with Crippen LogP contribution in [-0.2, 0) is 19.1 Å². The Labute approximate surface area is 107 Å². The number of carbonyl (C=O) groups is 2. The molecule has 0 aliphatic carbocycles. The van der Waals surface area contributed by atoms with Crippen LogP contribution >= 0.6 is 0 Å². The minimum atomic E-state index is -0.361. The molecule has 0 saturated heterocycles. The van der Waals surface area contributed by atoms with Crippen molar-refractivity contribution in [2.24, 2.45) is 0 Å². The van der Waals surface area contributed by atoms with Crippen LogP contribution in [0.3, 0.4) is 0 Å². The van der Waals surface area contributed by atoms with Gasteiger partial charge in [0.2, 0.25) is 0 Å². The number of allylic oxidation sites excluding steroid dienone is 4. The Morgan fingerprint density at radius 3 is 1.61 bits per heavy atom. The summed E-state index contributed by atoms with van der Waals surface area (Å²) in [6.07, 6.45) is 6.67. The number of carbonyl (C=O) groups excluding carboxylic acids is 2. The van der Waals surface area contributed by atoms with Gasteiger partial charge in [-0.3, -0.25) is 9.59 Å². The van der Waals surface area contributed by atoms with Crippen molar-refractivity contribution in [1.82, 2.24) is 0 Å². The number of esters is 2. The first-order valence-corrected chi connectivity index (χ1v) is 5.12. The second kappa shape index (κ2) is 11.0. The van der Waals surface area contributed by atoms with Crippen molar-refractivity contribution in [1.29, 1.82) is 0 Å². The van der Waals surface area contributed by atoms with Crippen LogP contribution in [0, 0.1) is 23.7 Å². The maximum Gasteiger partial charge on any atom is 0.317 e. The van der Waals surface area contributed by atoms with E-state index in [0.29, 0.717) is 0 Å². The minimum Gasteiger partial charge on any atom is -0.468 e. The molecule has 0 rings (SSSR count). The third-order valence-electron chi connectivity index (χ3n) is 1.60. The molecule has 0 aromatic rings. The lowest BCUT2D eigenvalue weighted by Crippen LogP contribution is -1.96. The van der Waals surface area contributed by atoms with Crippen molar-refractivity contribution in [3.63, 3.8) is 0 Å². The van der Waals surface area contributed by atoms with E-state index in [1.165, 1.54) is 14.2 Å². The molecule has 0 bridgehead atoms. The molecule has 94 valence electrons. The molecule has 0 fully saturated rings. The Bertz CT molecular complexity index is 406. The van der Waals surface area contributed by atoms with Crippen LogP contribution in [0.1, 0.15) is 12.8 Å². The van der Waals surface area contributed by atoms with Gasteiger partial charge in [0.05, 0.1) is 14.2 Å². The van der Waals surface area contributed by atoms with E-state index in [2.05, 4.69) is 33.2 Å². The highest BCUT2D eigenvalue weighted by molar-refractivity contribution is 5.72. The first kappa shape index (κ1) is 15.5. The molecule has 0 saturated carbocycles. The predicted octanol–water partition coefficient (Wildman–Crippen LogP) is 1.23. The molecule has 0 aromatic carbocycles. The molecule has 4 heteroatoms. The first-order valence-electron chi connectivity index (χ1n) is 5.12. The third kappa shape index (κ3) is 10.1. The zero-order valence-corrected chi connectivity index (χ0v) is 10.4. The standard InChI is InChI=1S/C14H14O4/c1-17-13(15)11-9-7-5-3-4-6-8-10-12-14(16)18-2/h3-6H,11-12H2,1-2H3/b5-3+,6-4+. The van der Waals surface area contributed by atoms with E-state index in [1.807, 2.05) is 0 Å². The molecular weight excluding hydrogens is 232 g/mol. The van der Waals surface area contributed by atoms with Crippen molar-refractivity contribution in [2.75, 3.05) is 14.2 Å². The zero-order valence-electron chi connectivity index (χ0n) is 10.4. The molecule has 0 aliphatic rings. The first-order chi connectivity index (χ1) is 8.70. The van der Waals surface area contributed by atoms with Gasteiger partial charge < -0.3 is 9.47 Å². The largest absolute Gasteiger partial charge is 0.468 e. The molecule has 0 radical (unpaired) electrons. The van der Waals surface area contributed by atoms with Gasteiger partial charge >= 0.3 is 11.9 Å². The molecule has 0 spiro atoms. The van der Waals surface area contributed by atoms with Gasteiger partial charge in [0.15, 0.2) is 0 Å². The topological polar surface area (TPSA) is 52.6 Å².